The molecule has 0 spiro atoms. The standard InChI is InChI=1S/C15H22Cl2NP/c1-11(19)10-18-6-4-12(5-7-18)8-13-2-3-14(16)15(17)9-13/h2-3,9,11-12H,4-8,10,19H2,1H3. The molecule has 0 aliphatic carbocycles. The van der Waals surface area contributed by atoms with Crippen LogP contribution in [0.25, 0.3) is 0 Å². The second kappa shape index (κ2) is 7.27. The van der Waals surface area contributed by atoms with Crippen molar-refractivity contribution in [3.63, 3.8) is 0 Å². The maximum atomic E-state index is 6.07. The summed E-state index contributed by atoms with van der Waals surface area (Å²) in [5.74, 6) is 0.785. The van der Waals surface area contributed by atoms with E-state index >= 15 is 0 Å². The number of piperidine rings is 1. The number of benzene rings is 1. The Kier molecular flexibility index (Phi) is 5.96. The maximum Gasteiger partial charge on any atom is 0.0595 e. The zero-order chi connectivity index (χ0) is 13.8. The van der Waals surface area contributed by atoms with E-state index in [1.54, 1.807) is 0 Å². The van der Waals surface area contributed by atoms with Crippen molar-refractivity contribution in [3.8, 4) is 0 Å². The van der Waals surface area contributed by atoms with Gasteiger partial charge in [0.2, 0.25) is 0 Å². The lowest BCUT2D eigenvalue weighted by atomic mass is 9.90. The minimum atomic E-state index is 0.648. The number of rotatable bonds is 4. The second-order valence-corrected chi connectivity index (χ2v) is 7.63. The third-order valence-corrected chi connectivity index (χ3v) is 4.71. The molecule has 0 radical (unpaired) electrons. The molecule has 0 N–H and O–H groups in total. The average molecular weight is 318 g/mol. The van der Waals surface area contributed by atoms with Gasteiger partial charge in [-0.3, -0.25) is 0 Å². The second-order valence-electron chi connectivity index (χ2n) is 5.67. The van der Waals surface area contributed by atoms with Crippen LogP contribution in [-0.2, 0) is 6.42 Å². The van der Waals surface area contributed by atoms with Gasteiger partial charge in [0, 0.05) is 6.54 Å². The van der Waals surface area contributed by atoms with Crippen LogP contribution in [-0.4, -0.2) is 30.2 Å². The molecule has 19 heavy (non-hydrogen) atoms. The highest BCUT2D eigenvalue weighted by atomic mass is 35.5. The Morgan fingerprint density at radius 1 is 1.26 bits per heavy atom. The maximum absolute atomic E-state index is 6.07. The molecule has 2 atom stereocenters. The number of hydrogen-bond acceptors (Lipinski definition) is 1. The van der Waals surface area contributed by atoms with Crippen molar-refractivity contribution in [2.75, 3.05) is 19.6 Å². The van der Waals surface area contributed by atoms with Gasteiger partial charge in [-0.1, -0.05) is 36.2 Å². The molecule has 1 aromatic carbocycles. The lowest BCUT2D eigenvalue weighted by Gasteiger charge is -2.33. The third kappa shape index (κ3) is 4.90. The molecule has 1 aliphatic rings. The lowest BCUT2D eigenvalue weighted by molar-refractivity contribution is 0.186. The van der Waals surface area contributed by atoms with Crippen LogP contribution >= 0.6 is 32.4 Å². The Morgan fingerprint density at radius 3 is 2.53 bits per heavy atom. The van der Waals surface area contributed by atoms with Gasteiger partial charge in [-0.15, -0.1) is 9.24 Å². The Balaban J connectivity index is 1.83. The molecule has 1 saturated heterocycles. The van der Waals surface area contributed by atoms with E-state index in [0.717, 1.165) is 12.3 Å². The van der Waals surface area contributed by atoms with E-state index in [1.165, 1.54) is 38.0 Å². The molecule has 1 fully saturated rings. The molecule has 4 heteroatoms. The SMILES string of the molecule is CC(P)CN1CCC(Cc2ccc(Cl)c(Cl)c2)CC1. The van der Waals surface area contributed by atoms with Gasteiger partial charge in [0.1, 0.15) is 0 Å². The molecule has 2 unspecified atom stereocenters. The number of halogens is 2. The van der Waals surface area contributed by atoms with E-state index < -0.39 is 0 Å². The first-order chi connectivity index (χ1) is 9.04. The summed E-state index contributed by atoms with van der Waals surface area (Å²) in [5.41, 5.74) is 2.00. The fraction of sp³-hybridized carbons (Fsp3) is 0.600. The van der Waals surface area contributed by atoms with Crippen molar-refractivity contribution in [1.29, 1.82) is 0 Å². The molecule has 0 aromatic heterocycles. The molecule has 1 aromatic rings. The van der Waals surface area contributed by atoms with Crippen LogP contribution in [0, 0.1) is 5.92 Å². The van der Waals surface area contributed by atoms with Gasteiger partial charge in [-0.05, 0) is 61.6 Å². The summed E-state index contributed by atoms with van der Waals surface area (Å²) in [5, 5.41) is 1.32. The normalized spacial score (nSPS) is 19.6. The first-order valence-corrected chi connectivity index (χ1v) is 8.38. The van der Waals surface area contributed by atoms with Crippen LogP contribution < -0.4 is 0 Å². The molecular weight excluding hydrogens is 296 g/mol. The quantitative estimate of drug-likeness (QED) is 0.738. The van der Waals surface area contributed by atoms with Gasteiger partial charge in [-0.25, -0.2) is 0 Å². The summed E-state index contributed by atoms with van der Waals surface area (Å²) in [6, 6.07) is 6.02. The Bertz CT molecular complexity index is 415. The molecule has 106 valence electrons. The van der Waals surface area contributed by atoms with Crippen LogP contribution in [0.2, 0.25) is 10.0 Å². The molecule has 2 rings (SSSR count). The van der Waals surface area contributed by atoms with Crippen molar-refractivity contribution < 1.29 is 0 Å². The van der Waals surface area contributed by atoms with Crippen molar-refractivity contribution in [1.82, 2.24) is 4.90 Å². The van der Waals surface area contributed by atoms with E-state index in [0.29, 0.717) is 15.7 Å². The van der Waals surface area contributed by atoms with Gasteiger partial charge in [-0.2, -0.15) is 0 Å². The molecular formula is C15H22Cl2NP. The fourth-order valence-electron chi connectivity index (χ4n) is 2.78. The van der Waals surface area contributed by atoms with Crippen molar-refractivity contribution in [3.05, 3.63) is 33.8 Å². The molecule has 1 aliphatic heterocycles. The van der Waals surface area contributed by atoms with Gasteiger partial charge >= 0.3 is 0 Å². The molecule has 1 heterocycles. The van der Waals surface area contributed by atoms with Crippen LogP contribution in [0.5, 0.6) is 0 Å². The number of hydrogen-bond donors (Lipinski definition) is 0. The smallest absolute Gasteiger partial charge is 0.0595 e. The fourth-order valence-corrected chi connectivity index (χ4v) is 3.40. The van der Waals surface area contributed by atoms with E-state index in [1.807, 2.05) is 12.1 Å². The minimum Gasteiger partial charge on any atom is -0.303 e. The van der Waals surface area contributed by atoms with Crippen molar-refractivity contribution in [2.45, 2.75) is 31.8 Å². The zero-order valence-electron chi connectivity index (χ0n) is 11.4. The summed E-state index contributed by atoms with van der Waals surface area (Å²) >= 11 is 12.0. The predicted octanol–water partition coefficient (Wildman–Crippen LogP) is 4.51. The Hall–Kier alpha value is 0.190. The summed E-state index contributed by atoms with van der Waals surface area (Å²) in [4.78, 5) is 2.57. The van der Waals surface area contributed by atoms with Crippen molar-refractivity contribution >= 4 is 32.4 Å². The average Bonchev–Trinajstić information content (AvgIpc) is 2.36. The monoisotopic (exact) mass is 317 g/mol. The van der Waals surface area contributed by atoms with E-state index in [4.69, 9.17) is 23.2 Å². The number of nitrogens with zero attached hydrogens (tertiary/aromatic N) is 1. The van der Waals surface area contributed by atoms with Gasteiger partial charge in [0.05, 0.1) is 10.0 Å². The van der Waals surface area contributed by atoms with Crippen LogP contribution in [0.4, 0.5) is 0 Å². The van der Waals surface area contributed by atoms with Gasteiger partial charge < -0.3 is 4.90 Å². The zero-order valence-corrected chi connectivity index (χ0v) is 14.1. The van der Waals surface area contributed by atoms with Gasteiger partial charge in [0.15, 0.2) is 0 Å². The lowest BCUT2D eigenvalue weighted by Crippen LogP contribution is -2.37. The predicted molar refractivity (Wildman–Crippen MR) is 88.5 cm³/mol. The van der Waals surface area contributed by atoms with Crippen molar-refractivity contribution in [2.24, 2.45) is 5.92 Å². The largest absolute Gasteiger partial charge is 0.303 e. The molecule has 0 saturated carbocycles. The summed E-state index contributed by atoms with van der Waals surface area (Å²) in [6.07, 6.45) is 3.70. The van der Waals surface area contributed by atoms with Crippen LogP contribution in [0.3, 0.4) is 0 Å². The first kappa shape index (κ1) is 15.6. The highest BCUT2D eigenvalue weighted by molar-refractivity contribution is 7.17. The minimum absolute atomic E-state index is 0.648. The first-order valence-electron chi connectivity index (χ1n) is 6.96. The highest BCUT2D eigenvalue weighted by Crippen LogP contribution is 2.27. The summed E-state index contributed by atoms with van der Waals surface area (Å²) < 4.78 is 0. The topological polar surface area (TPSA) is 3.24 Å². The van der Waals surface area contributed by atoms with Crippen LogP contribution in [0.1, 0.15) is 25.3 Å². The summed E-state index contributed by atoms with van der Waals surface area (Å²) in [7, 11) is 2.89. The third-order valence-electron chi connectivity index (χ3n) is 3.76. The Morgan fingerprint density at radius 2 is 1.95 bits per heavy atom. The van der Waals surface area contributed by atoms with E-state index in [-0.39, 0.29) is 0 Å². The van der Waals surface area contributed by atoms with Gasteiger partial charge in [0.25, 0.3) is 0 Å². The Labute approximate surface area is 128 Å². The molecule has 1 nitrogen and oxygen atoms in total. The van der Waals surface area contributed by atoms with E-state index in [9.17, 15) is 0 Å². The molecule has 0 amide bonds. The van der Waals surface area contributed by atoms with Crippen LogP contribution in [0.15, 0.2) is 18.2 Å². The summed E-state index contributed by atoms with van der Waals surface area (Å²) in [6.45, 7) is 5.91. The highest BCUT2D eigenvalue weighted by Gasteiger charge is 2.20. The molecule has 0 bridgehead atoms. The van der Waals surface area contributed by atoms with E-state index in [2.05, 4.69) is 27.1 Å². The number of likely N-dealkylation sites (tertiary alicyclic amines) is 1.